The Balaban J connectivity index is 2.61. The van der Waals surface area contributed by atoms with Crippen molar-refractivity contribution in [1.29, 1.82) is 0 Å². The molecule has 1 N–H and O–H groups in total. The number of aromatic nitrogens is 2. The molecular weight excluding hydrogens is 290 g/mol. The molecule has 0 radical (unpaired) electrons. The highest BCUT2D eigenvalue weighted by atomic mass is 32.2. The molecule has 0 aromatic carbocycles. The van der Waals surface area contributed by atoms with Crippen LogP contribution >= 0.6 is 11.8 Å². The maximum atomic E-state index is 12.2. The Morgan fingerprint density at radius 3 is 2.81 bits per heavy atom. The minimum atomic E-state index is -0.448. The van der Waals surface area contributed by atoms with Crippen LogP contribution in [0.4, 0.5) is 5.95 Å². The predicted molar refractivity (Wildman–Crippen MR) is 81.6 cm³/mol. The number of carbonyl (C=O) groups is 1. The summed E-state index contributed by atoms with van der Waals surface area (Å²) in [6.45, 7) is 4.69. The molecule has 6 nitrogen and oxygen atoms in total. The van der Waals surface area contributed by atoms with Gasteiger partial charge in [0.15, 0.2) is 5.76 Å². The summed E-state index contributed by atoms with van der Waals surface area (Å²) in [4.78, 5) is 21.0. The molecule has 2 aromatic rings. The Bertz CT molecular complexity index is 614. The highest BCUT2D eigenvalue weighted by molar-refractivity contribution is 7.98. The number of furan rings is 1. The number of nitrogens with one attached hydrogen (secondary N) is 1. The Hall–Kier alpha value is -2.02. The van der Waals surface area contributed by atoms with Gasteiger partial charge in [-0.3, -0.25) is 0 Å². The van der Waals surface area contributed by atoms with Crippen molar-refractivity contribution in [1.82, 2.24) is 9.97 Å². The van der Waals surface area contributed by atoms with Crippen LogP contribution in [0.1, 0.15) is 24.2 Å². The molecule has 21 heavy (non-hydrogen) atoms. The lowest BCUT2D eigenvalue weighted by atomic mass is 10.2. The number of carbonyl (C=O) groups excluding carboxylic acids is 1. The monoisotopic (exact) mass is 307 g/mol. The zero-order valence-corrected chi connectivity index (χ0v) is 13.0. The second-order valence-corrected chi connectivity index (χ2v) is 4.80. The minimum absolute atomic E-state index is 0.291. The van der Waals surface area contributed by atoms with E-state index in [1.165, 1.54) is 18.0 Å². The zero-order chi connectivity index (χ0) is 15.2. The van der Waals surface area contributed by atoms with Crippen LogP contribution in [-0.4, -0.2) is 35.3 Å². The summed E-state index contributed by atoms with van der Waals surface area (Å²) < 4.78 is 10.5. The van der Waals surface area contributed by atoms with Gasteiger partial charge in [-0.2, -0.15) is 0 Å². The molecule has 7 heteroatoms. The molecule has 0 amide bonds. The highest BCUT2D eigenvalue weighted by Gasteiger charge is 2.24. The minimum Gasteiger partial charge on any atom is -0.463 e. The average Bonchev–Trinajstić information content (AvgIpc) is 3.01. The van der Waals surface area contributed by atoms with Crippen LogP contribution in [-0.2, 0) is 4.74 Å². The third-order valence-corrected chi connectivity index (χ3v) is 3.32. The first kappa shape index (κ1) is 15.4. The van der Waals surface area contributed by atoms with Crippen molar-refractivity contribution in [2.45, 2.75) is 18.9 Å². The maximum absolute atomic E-state index is 12.2. The van der Waals surface area contributed by atoms with E-state index in [4.69, 9.17) is 9.15 Å². The molecule has 0 spiro atoms. The van der Waals surface area contributed by atoms with Crippen LogP contribution in [0.25, 0.3) is 11.5 Å². The first-order chi connectivity index (χ1) is 10.2. The van der Waals surface area contributed by atoms with Crippen molar-refractivity contribution in [3.05, 3.63) is 24.0 Å². The summed E-state index contributed by atoms with van der Waals surface area (Å²) in [5.74, 6) is 0.521. The molecule has 0 saturated heterocycles. The van der Waals surface area contributed by atoms with Crippen molar-refractivity contribution in [3.63, 3.8) is 0 Å². The van der Waals surface area contributed by atoms with Crippen molar-refractivity contribution in [2.24, 2.45) is 0 Å². The van der Waals surface area contributed by atoms with E-state index in [0.717, 1.165) is 0 Å². The van der Waals surface area contributed by atoms with Gasteiger partial charge < -0.3 is 14.5 Å². The molecule has 0 aliphatic carbocycles. The van der Waals surface area contributed by atoms with E-state index >= 15 is 0 Å². The quantitative estimate of drug-likeness (QED) is 0.499. The Kier molecular flexibility index (Phi) is 5.21. The lowest BCUT2D eigenvalue weighted by Crippen LogP contribution is -2.13. The lowest BCUT2D eigenvalue weighted by Gasteiger charge is -2.12. The molecule has 0 saturated carbocycles. The Morgan fingerprint density at radius 2 is 2.24 bits per heavy atom. The number of rotatable bonds is 6. The molecule has 0 atom stereocenters. The van der Waals surface area contributed by atoms with E-state index in [2.05, 4.69) is 15.3 Å². The number of hydrogen-bond acceptors (Lipinski definition) is 7. The number of nitrogens with zero attached hydrogens (tertiary/aromatic N) is 2. The topological polar surface area (TPSA) is 77.2 Å². The third-order valence-electron chi connectivity index (χ3n) is 2.64. The SMILES string of the molecule is CCNc1nc(SC)c(C(=O)OCC)c(-c2ccco2)n1. The summed E-state index contributed by atoms with van der Waals surface area (Å²) >= 11 is 1.37. The first-order valence-corrected chi connectivity index (χ1v) is 7.84. The summed E-state index contributed by atoms with van der Waals surface area (Å²) in [5.41, 5.74) is 0.773. The fourth-order valence-corrected chi connectivity index (χ4v) is 2.37. The van der Waals surface area contributed by atoms with Crippen molar-refractivity contribution in [3.8, 4) is 11.5 Å². The maximum Gasteiger partial charge on any atom is 0.343 e. The fraction of sp³-hybridized carbons (Fsp3) is 0.357. The van der Waals surface area contributed by atoms with E-state index in [1.54, 1.807) is 19.1 Å². The summed E-state index contributed by atoms with van der Waals surface area (Å²) in [6.07, 6.45) is 3.39. The van der Waals surface area contributed by atoms with Gasteiger partial charge in [0, 0.05) is 6.54 Å². The average molecular weight is 307 g/mol. The predicted octanol–water partition coefficient (Wildman–Crippen LogP) is 3.07. The smallest absolute Gasteiger partial charge is 0.343 e. The molecule has 2 heterocycles. The number of esters is 1. The molecular formula is C14H17N3O3S. The normalized spacial score (nSPS) is 10.4. The molecule has 2 aromatic heterocycles. The largest absolute Gasteiger partial charge is 0.463 e. The Labute approximate surface area is 127 Å². The first-order valence-electron chi connectivity index (χ1n) is 6.62. The standard InChI is InChI=1S/C14H17N3O3S/c1-4-15-14-16-11(9-7-6-8-20-9)10(12(17-14)21-3)13(18)19-5-2/h6-8H,4-5H2,1-3H3,(H,15,16,17). The number of thioether (sulfide) groups is 1. The van der Waals surface area contributed by atoms with Crippen molar-refractivity contribution < 1.29 is 13.9 Å². The molecule has 112 valence electrons. The number of hydrogen-bond donors (Lipinski definition) is 1. The van der Waals surface area contributed by atoms with Gasteiger partial charge in [0.2, 0.25) is 5.95 Å². The molecule has 2 rings (SSSR count). The van der Waals surface area contributed by atoms with Crippen molar-refractivity contribution >= 4 is 23.7 Å². The Morgan fingerprint density at radius 1 is 1.43 bits per heavy atom. The number of anilines is 1. The molecule has 0 aliphatic heterocycles. The van der Waals surface area contributed by atoms with E-state index in [0.29, 0.717) is 41.1 Å². The van der Waals surface area contributed by atoms with E-state index in [9.17, 15) is 4.79 Å². The highest BCUT2D eigenvalue weighted by Crippen LogP contribution is 2.30. The van der Waals surface area contributed by atoms with E-state index in [1.807, 2.05) is 13.2 Å². The van der Waals surface area contributed by atoms with Crippen LogP contribution in [0.2, 0.25) is 0 Å². The van der Waals surface area contributed by atoms with Gasteiger partial charge in [-0.1, -0.05) is 0 Å². The van der Waals surface area contributed by atoms with E-state index < -0.39 is 5.97 Å². The summed E-state index contributed by atoms with van der Waals surface area (Å²) in [7, 11) is 0. The van der Waals surface area contributed by atoms with Gasteiger partial charge in [0.05, 0.1) is 12.9 Å². The lowest BCUT2D eigenvalue weighted by molar-refractivity contribution is 0.0521. The van der Waals surface area contributed by atoms with Gasteiger partial charge in [0.25, 0.3) is 0 Å². The van der Waals surface area contributed by atoms with Crippen LogP contribution in [0, 0.1) is 0 Å². The van der Waals surface area contributed by atoms with Crippen LogP contribution in [0.3, 0.4) is 0 Å². The van der Waals surface area contributed by atoms with Crippen LogP contribution < -0.4 is 5.32 Å². The zero-order valence-electron chi connectivity index (χ0n) is 12.2. The third kappa shape index (κ3) is 3.36. The second-order valence-electron chi connectivity index (χ2n) is 4.01. The van der Waals surface area contributed by atoms with Crippen LogP contribution in [0.15, 0.2) is 27.8 Å². The molecule has 0 aliphatic rings. The van der Waals surface area contributed by atoms with Gasteiger partial charge in [-0.15, -0.1) is 11.8 Å². The van der Waals surface area contributed by atoms with Gasteiger partial charge in [-0.25, -0.2) is 14.8 Å². The van der Waals surface area contributed by atoms with Gasteiger partial charge in [0.1, 0.15) is 16.3 Å². The van der Waals surface area contributed by atoms with Crippen molar-refractivity contribution in [2.75, 3.05) is 24.7 Å². The van der Waals surface area contributed by atoms with E-state index in [-0.39, 0.29) is 0 Å². The fourth-order valence-electron chi connectivity index (χ4n) is 1.80. The number of ether oxygens (including phenoxy) is 1. The molecule has 0 fully saturated rings. The summed E-state index contributed by atoms with van der Waals surface area (Å²) in [5, 5.41) is 3.61. The molecule has 0 unspecified atom stereocenters. The summed E-state index contributed by atoms with van der Waals surface area (Å²) in [6, 6.07) is 3.50. The second kappa shape index (κ2) is 7.12. The van der Waals surface area contributed by atoms with Gasteiger partial charge in [-0.05, 0) is 32.2 Å². The van der Waals surface area contributed by atoms with Gasteiger partial charge >= 0.3 is 5.97 Å². The molecule has 0 bridgehead atoms. The van der Waals surface area contributed by atoms with Crippen LogP contribution in [0.5, 0.6) is 0 Å².